The van der Waals surface area contributed by atoms with Crippen LogP contribution in [0.3, 0.4) is 0 Å². The van der Waals surface area contributed by atoms with Gasteiger partial charge in [-0.05, 0) is 6.07 Å². The van der Waals surface area contributed by atoms with Crippen molar-refractivity contribution in [2.24, 2.45) is 0 Å². The monoisotopic (exact) mass is 298 g/mol. The summed E-state index contributed by atoms with van der Waals surface area (Å²) in [6.45, 7) is 0. The third kappa shape index (κ3) is 2.83. The summed E-state index contributed by atoms with van der Waals surface area (Å²) in [5.74, 6) is -1.13. The number of nitrogens with zero attached hydrogens (tertiary/aromatic N) is 4. The fraction of sp³-hybridized carbons (Fsp3) is 0.182. The summed E-state index contributed by atoms with van der Waals surface area (Å²) in [6.07, 6.45) is -1.91. The van der Waals surface area contributed by atoms with Gasteiger partial charge in [0.15, 0.2) is 0 Å². The topological polar surface area (TPSA) is 100 Å². The average Bonchev–Trinajstić information content (AvgIpc) is 2.95. The lowest BCUT2D eigenvalue weighted by molar-refractivity contribution is -0.385. The van der Waals surface area contributed by atoms with Gasteiger partial charge in [-0.2, -0.15) is 0 Å². The van der Waals surface area contributed by atoms with Gasteiger partial charge in [-0.15, -0.1) is 5.10 Å². The lowest BCUT2D eigenvalue weighted by Crippen LogP contribution is -2.06. The zero-order valence-electron chi connectivity index (χ0n) is 10.6. The minimum atomic E-state index is -2.95. The molecule has 0 bridgehead atoms. The lowest BCUT2D eigenvalue weighted by Gasteiger charge is -2.07. The summed E-state index contributed by atoms with van der Waals surface area (Å²) in [4.78, 5) is 24.7. The van der Waals surface area contributed by atoms with E-state index in [1.54, 1.807) is 0 Å². The quantitative estimate of drug-likeness (QED) is 0.485. The largest absolute Gasteiger partial charge is 0.463 e. The lowest BCUT2D eigenvalue weighted by atomic mass is 10.1. The van der Waals surface area contributed by atoms with Gasteiger partial charge >= 0.3 is 5.97 Å². The molecule has 10 heteroatoms. The highest BCUT2D eigenvalue weighted by atomic mass is 19.3. The summed E-state index contributed by atoms with van der Waals surface area (Å²) >= 11 is 0. The van der Waals surface area contributed by atoms with Crippen molar-refractivity contribution in [1.29, 1.82) is 0 Å². The van der Waals surface area contributed by atoms with Crippen LogP contribution in [-0.2, 0) is 4.74 Å². The Bertz CT molecular complexity index is 701. The number of hydrogen-bond donors (Lipinski definition) is 0. The maximum absolute atomic E-state index is 13.0. The van der Waals surface area contributed by atoms with Gasteiger partial charge in [0.25, 0.3) is 17.9 Å². The maximum Gasteiger partial charge on any atom is 0.377 e. The molecular weight excluding hydrogens is 290 g/mol. The average molecular weight is 298 g/mol. The second-order valence-corrected chi connectivity index (χ2v) is 3.81. The molecule has 21 heavy (non-hydrogen) atoms. The molecule has 0 atom stereocenters. The van der Waals surface area contributed by atoms with Crippen LogP contribution in [0, 0.1) is 10.1 Å². The van der Waals surface area contributed by atoms with Gasteiger partial charge in [0, 0.05) is 12.1 Å². The Morgan fingerprint density at radius 2 is 2.19 bits per heavy atom. The van der Waals surface area contributed by atoms with Gasteiger partial charge in [-0.3, -0.25) is 10.1 Å². The first-order chi connectivity index (χ1) is 9.93. The number of hydrogen-bond acceptors (Lipinski definition) is 6. The number of carbonyl (C=O) groups excluding carboxylic acids is 1. The molecule has 8 nitrogen and oxygen atoms in total. The van der Waals surface area contributed by atoms with Crippen LogP contribution in [0.5, 0.6) is 0 Å². The molecule has 0 aliphatic heterocycles. The number of ether oxygens (including phenoxy) is 1. The Balaban J connectivity index is 2.50. The first kappa shape index (κ1) is 14.5. The highest BCUT2D eigenvalue weighted by Crippen LogP contribution is 2.29. The molecule has 2 aromatic rings. The summed E-state index contributed by atoms with van der Waals surface area (Å²) in [5, 5.41) is 14.3. The molecule has 0 saturated heterocycles. The van der Waals surface area contributed by atoms with Crippen LogP contribution in [0.15, 0.2) is 24.5 Å². The number of nitro benzene ring substituents is 1. The SMILES string of the molecule is COC(=O)c1ncn(-c2ccc([N+](=O)[O-])cc2C(F)F)n1. The zero-order valence-corrected chi connectivity index (χ0v) is 10.6. The van der Waals surface area contributed by atoms with Crippen LogP contribution >= 0.6 is 0 Å². The molecule has 0 fully saturated rings. The van der Waals surface area contributed by atoms with E-state index in [1.807, 2.05) is 0 Å². The third-order valence-electron chi connectivity index (χ3n) is 2.56. The number of rotatable bonds is 4. The van der Waals surface area contributed by atoms with E-state index in [0.29, 0.717) is 0 Å². The van der Waals surface area contributed by atoms with Crippen molar-refractivity contribution in [1.82, 2.24) is 14.8 Å². The summed E-state index contributed by atoms with van der Waals surface area (Å²) in [5.41, 5.74) is -1.17. The van der Waals surface area contributed by atoms with Crippen LogP contribution in [0.4, 0.5) is 14.5 Å². The molecule has 1 aromatic carbocycles. The van der Waals surface area contributed by atoms with E-state index in [-0.39, 0.29) is 11.5 Å². The molecule has 2 rings (SSSR count). The fourth-order valence-electron chi connectivity index (χ4n) is 1.60. The number of alkyl halides is 2. The van der Waals surface area contributed by atoms with Crippen LogP contribution in [0.1, 0.15) is 22.6 Å². The van der Waals surface area contributed by atoms with Crippen LogP contribution in [-0.4, -0.2) is 32.8 Å². The minimum Gasteiger partial charge on any atom is -0.463 e. The molecule has 0 radical (unpaired) electrons. The van der Waals surface area contributed by atoms with Gasteiger partial charge in [0.05, 0.1) is 23.3 Å². The van der Waals surface area contributed by atoms with Crippen molar-refractivity contribution in [3.63, 3.8) is 0 Å². The number of aromatic nitrogens is 3. The predicted octanol–water partition coefficient (Wildman–Crippen LogP) is 1.90. The number of halogens is 2. The number of benzene rings is 1. The molecule has 1 heterocycles. The van der Waals surface area contributed by atoms with Gasteiger partial charge in [0.1, 0.15) is 6.33 Å². The standard InChI is InChI=1S/C11H8F2N4O4/c1-21-11(18)10-14-5-16(15-10)8-3-2-6(17(19)20)4-7(8)9(12)13/h2-5,9H,1H3. The molecule has 0 saturated carbocycles. The van der Waals surface area contributed by atoms with Crippen LogP contribution < -0.4 is 0 Å². The minimum absolute atomic E-state index is 0.113. The van der Waals surface area contributed by atoms with Crippen molar-refractivity contribution < 1.29 is 23.2 Å². The smallest absolute Gasteiger partial charge is 0.377 e. The van der Waals surface area contributed by atoms with E-state index in [1.165, 1.54) is 0 Å². The second-order valence-electron chi connectivity index (χ2n) is 3.81. The highest BCUT2D eigenvalue weighted by molar-refractivity contribution is 5.84. The Labute approximate surface area is 116 Å². The Hall–Kier alpha value is -2.91. The van der Waals surface area contributed by atoms with E-state index in [9.17, 15) is 23.7 Å². The van der Waals surface area contributed by atoms with E-state index in [2.05, 4.69) is 14.8 Å². The van der Waals surface area contributed by atoms with Crippen molar-refractivity contribution >= 4 is 11.7 Å². The number of carbonyl (C=O) groups is 1. The first-order valence-corrected chi connectivity index (χ1v) is 5.51. The van der Waals surface area contributed by atoms with Crippen molar-refractivity contribution in [3.05, 3.63) is 46.0 Å². The predicted molar refractivity (Wildman–Crippen MR) is 64.3 cm³/mol. The van der Waals surface area contributed by atoms with Crippen molar-refractivity contribution in [2.75, 3.05) is 7.11 Å². The number of methoxy groups -OCH3 is 1. The number of nitro groups is 1. The molecule has 0 aliphatic carbocycles. The molecule has 1 aromatic heterocycles. The maximum atomic E-state index is 13.0. The van der Waals surface area contributed by atoms with Crippen LogP contribution in [0.2, 0.25) is 0 Å². The first-order valence-electron chi connectivity index (χ1n) is 5.51. The second kappa shape index (κ2) is 5.61. The summed E-state index contributed by atoms with van der Waals surface area (Å²) in [6, 6.07) is 2.91. The fourth-order valence-corrected chi connectivity index (χ4v) is 1.60. The van der Waals surface area contributed by atoms with E-state index < -0.39 is 28.6 Å². The normalized spacial score (nSPS) is 10.7. The van der Waals surface area contributed by atoms with Crippen molar-refractivity contribution in [2.45, 2.75) is 6.43 Å². The van der Waals surface area contributed by atoms with Gasteiger partial charge < -0.3 is 4.74 Å². The van der Waals surface area contributed by atoms with Gasteiger partial charge in [-0.1, -0.05) is 0 Å². The summed E-state index contributed by atoms with van der Waals surface area (Å²) in [7, 11) is 1.12. The molecule has 0 amide bonds. The number of esters is 1. The van der Waals surface area contributed by atoms with Gasteiger partial charge in [-0.25, -0.2) is 23.2 Å². The van der Waals surface area contributed by atoms with E-state index >= 15 is 0 Å². The Morgan fingerprint density at radius 1 is 1.48 bits per heavy atom. The molecule has 0 unspecified atom stereocenters. The zero-order chi connectivity index (χ0) is 15.6. The Kier molecular flexibility index (Phi) is 3.87. The van der Waals surface area contributed by atoms with Crippen LogP contribution in [0.25, 0.3) is 5.69 Å². The molecule has 0 spiro atoms. The molecule has 0 aliphatic rings. The molecule has 0 N–H and O–H groups in total. The summed E-state index contributed by atoms with van der Waals surface area (Å²) < 4.78 is 31.4. The number of non-ortho nitro benzene ring substituents is 1. The Morgan fingerprint density at radius 3 is 2.76 bits per heavy atom. The molecule has 110 valence electrons. The van der Waals surface area contributed by atoms with Gasteiger partial charge in [0.2, 0.25) is 0 Å². The van der Waals surface area contributed by atoms with E-state index in [4.69, 9.17) is 0 Å². The molecular formula is C11H8F2N4O4. The van der Waals surface area contributed by atoms with Crippen molar-refractivity contribution in [3.8, 4) is 5.69 Å². The highest BCUT2D eigenvalue weighted by Gasteiger charge is 2.21. The third-order valence-corrected chi connectivity index (χ3v) is 2.56. The van der Waals surface area contributed by atoms with E-state index in [0.717, 1.165) is 36.3 Å².